The average Bonchev–Trinajstić information content (AvgIpc) is 1.99. The van der Waals surface area contributed by atoms with Crippen molar-refractivity contribution in [3.63, 3.8) is 0 Å². The molecule has 4 heteroatoms. The second-order valence-corrected chi connectivity index (χ2v) is 4.61. The van der Waals surface area contributed by atoms with Gasteiger partial charge in [-0.25, -0.2) is 4.39 Å². The Morgan fingerprint density at radius 3 is 2.62 bits per heavy atom. The molecule has 0 radical (unpaired) electrons. The quantitative estimate of drug-likeness (QED) is 0.744. The van der Waals surface area contributed by atoms with E-state index in [9.17, 15) is 4.39 Å². The minimum Gasteiger partial charge on any atom is -0.320 e. The van der Waals surface area contributed by atoms with Crippen LogP contribution in [0.2, 0.25) is 0 Å². The van der Waals surface area contributed by atoms with Gasteiger partial charge >= 0.3 is 0 Å². The maximum absolute atomic E-state index is 13.3. The predicted molar refractivity (Wildman–Crippen MR) is 55.9 cm³/mol. The van der Waals surface area contributed by atoms with Crippen molar-refractivity contribution in [2.75, 3.05) is 0 Å². The van der Waals surface area contributed by atoms with Crippen LogP contribution in [0, 0.1) is 5.92 Å². The minimum absolute atomic E-state index is 0.0921. The van der Waals surface area contributed by atoms with Crippen LogP contribution >= 0.6 is 15.9 Å². The summed E-state index contributed by atoms with van der Waals surface area (Å²) in [5, 5.41) is 0. The Balaban J connectivity index is 3.08. The van der Waals surface area contributed by atoms with Crippen LogP contribution in [-0.2, 0) is 0 Å². The molecule has 13 heavy (non-hydrogen) atoms. The van der Waals surface area contributed by atoms with Crippen molar-refractivity contribution in [1.82, 2.24) is 0 Å². The van der Waals surface area contributed by atoms with Crippen LogP contribution < -0.4 is 11.5 Å². The first kappa shape index (κ1) is 10.9. The van der Waals surface area contributed by atoms with Crippen LogP contribution in [0.1, 0.15) is 13.8 Å². The van der Waals surface area contributed by atoms with Crippen LogP contribution in [0.4, 0.5) is 4.39 Å². The van der Waals surface area contributed by atoms with E-state index in [4.69, 9.17) is 11.5 Å². The van der Waals surface area contributed by atoms with Crippen molar-refractivity contribution in [2.24, 2.45) is 17.4 Å². The van der Waals surface area contributed by atoms with Crippen molar-refractivity contribution in [2.45, 2.75) is 25.4 Å². The van der Waals surface area contributed by atoms with Gasteiger partial charge in [0.2, 0.25) is 0 Å². The van der Waals surface area contributed by atoms with Crippen molar-refractivity contribution < 1.29 is 4.39 Å². The Hall–Kier alpha value is -0.190. The van der Waals surface area contributed by atoms with Gasteiger partial charge in [0.15, 0.2) is 0 Å². The number of nitrogens with two attached hydrogens (primary N) is 2. The highest BCUT2D eigenvalue weighted by atomic mass is 79.9. The molecule has 2 nitrogen and oxygen atoms in total. The highest BCUT2D eigenvalue weighted by Crippen LogP contribution is 2.32. The zero-order valence-electron chi connectivity index (χ0n) is 7.72. The molecular formula is C9H14BrFN2. The Kier molecular flexibility index (Phi) is 2.95. The summed E-state index contributed by atoms with van der Waals surface area (Å²) in [6, 6.07) is -0.742. The van der Waals surface area contributed by atoms with Gasteiger partial charge in [-0.1, -0.05) is 29.8 Å². The van der Waals surface area contributed by atoms with Gasteiger partial charge in [-0.15, -0.1) is 0 Å². The summed E-state index contributed by atoms with van der Waals surface area (Å²) < 4.78 is 13.9. The van der Waals surface area contributed by atoms with Crippen LogP contribution in [0.15, 0.2) is 22.5 Å². The first-order chi connectivity index (χ1) is 5.88. The van der Waals surface area contributed by atoms with E-state index < -0.39 is 11.6 Å². The minimum atomic E-state index is -0.794. The Morgan fingerprint density at radius 2 is 2.15 bits per heavy atom. The lowest BCUT2D eigenvalue weighted by molar-refractivity contribution is 0.309. The van der Waals surface area contributed by atoms with E-state index in [0.29, 0.717) is 4.48 Å². The van der Waals surface area contributed by atoms with E-state index in [1.165, 1.54) is 6.08 Å². The Morgan fingerprint density at radius 1 is 1.62 bits per heavy atom. The summed E-state index contributed by atoms with van der Waals surface area (Å²) in [5.41, 5.74) is 10.9. The van der Waals surface area contributed by atoms with Gasteiger partial charge in [-0.3, -0.25) is 0 Å². The SMILES string of the molecule is CC(C)C1(N)C=C(Br)C=C(F)C1N. The second-order valence-electron chi connectivity index (χ2n) is 3.69. The molecule has 0 amide bonds. The number of hydrogen-bond donors (Lipinski definition) is 2. The molecule has 2 atom stereocenters. The largest absolute Gasteiger partial charge is 0.320 e. The summed E-state index contributed by atoms with van der Waals surface area (Å²) in [6.45, 7) is 3.85. The van der Waals surface area contributed by atoms with Crippen molar-refractivity contribution in [3.05, 3.63) is 22.5 Å². The molecule has 0 heterocycles. The molecule has 1 aliphatic rings. The van der Waals surface area contributed by atoms with Gasteiger partial charge in [0, 0.05) is 4.48 Å². The normalized spacial score (nSPS) is 34.5. The van der Waals surface area contributed by atoms with E-state index in [0.717, 1.165) is 0 Å². The van der Waals surface area contributed by atoms with Gasteiger partial charge in [0.25, 0.3) is 0 Å². The molecule has 4 N–H and O–H groups in total. The standard InChI is InChI=1S/C9H14BrFN2/c1-5(2)9(13)4-6(10)3-7(11)8(9)12/h3-5,8H,12-13H2,1-2H3. The molecule has 0 aliphatic heterocycles. The number of halogens is 2. The molecule has 0 bridgehead atoms. The average molecular weight is 249 g/mol. The van der Waals surface area contributed by atoms with Gasteiger partial charge in [0.1, 0.15) is 5.83 Å². The monoisotopic (exact) mass is 248 g/mol. The molecule has 74 valence electrons. The Bertz CT molecular complexity index is 273. The van der Waals surface area contributed by atoms with Crippen LogP contribution in [-0.4, -0.2) is 11.6 Å². The highest BCUT2D eigenvalue weighted by molar-refractivity contribution is 9.11. The predicted octanol–water partition coefficient (Wildman–Crippen LogP) is 1.81. The number of allylic oxidation sites excluding steroid dienone is 2. The Labute approximate surface area is 86.0 Å². The summed E-state index contributed by atoms with van der Waals surface area (Å²) in [5.74, 6) is -0.278. The fourth-order valence-corrected chi connectivity index (χ4v) is 1.97. The first-order valence-electron chi connectivity index (χ1n) is 4.18. The zero-order chi connectivity index (χ0) is 10.2. The maximum atomic E-state index is 13.3. The molecule has 0 saturated carbocycles. The van der Waals surface area contributed by atoms with E-state index in [1.54, 1.807) is 6.08 Å². The fraction of sp³-hybridized carbons (Fsp3) is 0.556. The third kappa shape index (κ3) is 1.85. The summed E-state index contributed by atoms with van der Waals surface area (Å²) >= 11 is 3.21. The lowest BCUT2D eigenvalue weighted by Crippen LogP contribution is -2.58. The maximum Gasteiger partial charge on any atom is 0.120 e. The fourth-order valence-electron chi connectivity index (χ4n) is 1.36. The summed E-state index contributed by atoms with van der Waals surface area (Å²) in [6.07, 6.45) is 3.13. The second kappa shape index (κ2) is 3.52. The van der Waals surface area contributed by atoms with E-state index in [2.05, 4.69) is 15.9 Å². The molecule has 1 aliphatic carbocycles. The van der Waals surface area contributed by atoms with E-state index in [1.807, 2.05) is 13.8 Å². The highest BCUT2D eigenvalue weighted by Gasteiger charge is 2.38. The molecule has 0 aromatic heterocycles. The molecule has 2 unspecified atom stereocenters. The van der Waals surface area contributed by atoms with Gasteiger partial charge in [-0.05, 0) is 18.1 Å². The third-order valence-corrected chi connectivity index (χ3v) is 2.96. The van der Waals surface area contributed by atoms with Gasteiger partial charge in [0.05, 0.1) is 11.6 Å². The van der Waals surface area contributed by atoms with Crippen molar-refractivity contribution in [1.29, 1.82) is 0 Å². The number of hydrogen-bond acceptors (Lipinski definition) is 2. The topological polar surface area (TPSA) is 52.0 Å². The molecule has 0 fully saturated rings. The smallest absolute Gasteiger partial charge is 0.120 e. The summed E-state index contributed by atoms with van der Waals surface area (Å²) in [7, 11) is 0. The molecule has 0 aromatic carbocycles. The van der Waals surface area contributed by atoms with Crippen molar-refractivity contribution in [3.8, 4) is 0 Å². The van der Waals surface area contributed by atoms with E-state index in [-0.39, 0.29) is 11.7 Å². The number of rotatable bonds is 1. The molecule has 0 saturated heterocycles. The van der Waals surface area contributed by atoms with Crippen LogP contribution in [0.3, 0.4) is 0 Å². The molecular weight excluding hydrogens is 235 g/mol. The first-order valence-corrected chi connectivity index (χ1v) is 4.97. The third-order valence-electron chi connectivity index (χ3n) is 2.50. The van der Waals surface area contributed by atoms with E-state index >= 15 is 0 Å². The van der Waals surface area contributed by atoms with Gasteiger partial charge in [-0.2, -0.15) is 0 Å². The van der Waals surface area contributed by atoms with Crippen LogP contribution in [0.25, 0.3) is 0 Å². The molecule has 1 rings (SSSR count). The molecule has 0 spiro atoms. The van der Waals surface area contributed by atoms with Gasteiger partial charge < -0.3 is 11.5 Å². The van der Waals surface area contributed by atoms with Crippen molar-refractivity contribution >= 4 is 15.9 Å². The zero-order valence-corrected chi connectivity index (χ0v) is 9.31. The van der Waals surface area contributed by atoms with Crippen LogP contribution in [0.5, 0.6) is 0 Å². The molecule has 0 aromatic rings. The lowest BCUT2D eigenvalue weighted by atomic mass is 9.78. The summed E-state index contributed by atoms with van der Waals surface area (Å²) in [4.78, 5) is 0. The lowest BCUT2D eigenvalue weighted by Gasteiger charge is -2.37.